The van der Waals surface area contributed by atoms with Crippen LogP contribution in [0.15, 0.2) is 66.9 Å². The van der Waals surface area contributed by atoms with Crippen molar-refractivity contribution in [2.24, 2.45) is 0 Å². The van der Waals surface area contributed by atoms with Gasteiger partial charge in [-0.3, -0.25) is 4.79 Å². The molecule has 0 saturated carbocycles. The molecule has 0 aliphatic rings. The number of aromatic nitrogens is 2. The maximum absolute atomic E-state index is 12.6. The minimum absolute atomic E-state index is 0.0349. The number of carbonyl (C=O) groups is 1. The van der Waals surface area contributed by atoms with Gasteiger partial charge in [0.25, 0.3) is 0 Å². The molecule has 2 aromatic carbocycles. The first-order valence-corrected chi connectivity index (χ1v) is 8.45. The number of rotatable bonds is 3. The molecule has 4 rings (SSSR count). The van der Waals surface area contributed by atoms with Gasteiger partial charge in [-0.25, -0.2) is 0 Å². The Balaban J connectivity index is 1.73. The van der Waals surface area contributed by atoms with Crippen molar-refractivity contribution >= 4 is 27.2 Å². The van der Waals surface area contributed by atoms with Crippen LogP contribution in [0.3, 0.4) is 0 Å². The quantitative estimate of drug-likeness (QED) is 0.502. The zero-order valence-electron chi connectivity index (χ0n) is 13.1. The van der Waals surface area contributed by atoms with Gasteiger partial charge in [-0.15, -0.1) is 16.4 Å². The van der Waals surface area contributed by atoms with Crippen LogP contribution < -0.4 is 0 Å². The minimum atomic E-state index is -0.0349. The van der Waals surface area contributed by atoms with Crippen molar-refractivity contribution in [3.63, 3.8) is 0 Å². The van der Waals surface area contributed by atoms with E-state index in [2.05, 4.69) is 28.4 Å². The number of ketones is 1. The van der Waals surface area contributed by atoms with Crippen LogP contribution in [0.25, 0.3) is 20.7 Å². The second kappa shape index (κ2) is 5.98. The lowest BCUT2D eigenvalue weighted by Crippen LogP contribution is -2.03. The normalized spacial score (nSPS) is 10.9. The summed E-state index contributed by atoms with van der Waals surface area (Å²) in [7, 11) is 0. The Morgan fingerprint density at radius 2 is 1.75 bits per heavy atom. The molecule has 0 unspecified atom stereocenters. The number of fused-ring (bicyclic) bond motifs is 1. The summed E-state index contributed by atoms with van der Waals surface area (Å²) in [5, 5.41) is 9.41. The highest BCUT2D eigenvalue weighted by Gasteiger charge is 2.13. The van der Waals surface area contributed by atoms with Crippen LogP contribution in [-0.2, 0) is 0 Å². The summed E-state index contributed by atoms with van der Waals surface area (Å²) >= 11 is 1.65. The van der Waals surface area contributed by atoms with Gasteiger partial charge >= 0.3 is 0 Å². The lowest BCUT2D eigenvalue weighted by molar-refractivity contribution is 0.103. The monoisotopic (exact) mass is 330 g/mol. The predicted molar refractivity (Wildman–Crippen MR) is 97.5 cm³/mol. The molecule has 0 saturated heterocycles. The average Bonchev–Trinajstić information content (AvgIpc) is 3.06. The van der Waals surface area contributed by atoms with Gasteiger partial charge < -0.3 is 0 Å². The number of nitrogens with zero attached hydrogens (tertiary/aromatic N) is 2. The van der Waals surface area contributed by atoms with Crippen molar-refractivity contribution in [1.82, 2.24) is 10.2 Å². The fraction of sp³-hybridized carbons (Fsp3) is 0.0500. The van der Waals surface area contributed by atoms with Crippen molar-refractivity contribution in [3.8, 4) is 10.6 Å². The molecular weight excluding hydrogens is 316 g/mol. The largest absolute Gasteiger partial charge is 0.289 e. The van der Waals surface area contributed by atoms with Gasteiger partial charge in [0.15, 0.2) is 5.78 Å². The smallest absolute Gasteiger partial charge is 0.194 e. The number of hydrogen-bond acceptors (Lipinski definition) is 4. The van der Waals surface area contributed by atoms with E-state index in [1.165, 1.54) is 16.3 Å². The van der Waals surface area contributed by atoms with E-state index in [1.807, 2.05) is 49.4 Å². The maximum atomic E-state index is 12.6. The lowest BCUT2D eigenvalue weighted by Gasteiger charge is -2.03. The van der Waals surface area contributed by atoms with E-state index in [0.29, 0.717) is 11.1 Å². The molecule has 0 aliphatic carbocycles. The third kappa shape index (κ3) is 2.72. The Hall–Kier alpha value is -2.85. The summed E-state index contributed by atoms with van der Waals surface area (Å²) in [4.78, 5) is 13.7. The number of carbonyl (C=O) groups excluding carboxylic acids is 1. The van der Waals surface area contributed by atoms with Gasteiger partial charge in [-0.2, -0.15) is 5.10 Å². The molecule has 3 nitrogen and oxygen atoms in total. The summed E-state index contributed by atoms with van der Waals surface area (Å²) in [6.07, 6.45) is 1.53. The zero-order chi connectivity index (χ0) is 16.5. The first kappa shape index (κ1) is 14.7. The van der Waals surface area contributed by atoms with Crippen molar-refractivity contribution in [3.05, 3.63) is 83.6 Å². The first-order chi connectivity index (χ1) is 11.7. The number of hydrogen-bond donors (Lipinski definition) is 0. The van der Waals surface area contributed by atoms with Crippen LogP contribution in [0.5, 0.6) is 0 Å². The number of aryl methyl sites for hydroxylation is 1. The maximum Gasteiger partial charge on any atom is 0.194 e. The summed E-state index contributed by atoms with van der Waals surface area (Å²) in [6.45, 7) is 2.00. The van der Waals surface area contributed by atoms with Crippen LogP contribution >= 0.6 is 11.3 Å². The topological polar surface area (TPSA) is 42.9 Å². The third-order valence-electron chi connectivity index (χ3n) is 3.91. The van der Waals surface area contributed by atoms with E-state index in [0.717, 1.165) is 16.1 Å². The summed E-state index contributed by atoms with van der Waals surface area (Å²) in [5.41, 5.74) is 3.08. The van der Waals surface area contributed by atoms with E-state index >= 15 is 0 Å². The van der Waals surface area contributed by atoms with Crippen LogP contribution in [0, 0.1) is 6.92 Å². The summed E-state index contributed by atoms with van der Waals surface area (Å²) in [6, 6.07) is 19.7. The molecule has 4 aromatic rings. The van der Waals surface area contributed by atoms with Crippen LogP contribution in [0.2, 0.25) is 0 Å². The highest BCUT2D eigenvalue weighted by Crippen LogP contribution is 2.32. The lowest BCUT2D eigenvalue weighted by atomic mass is 10.0. The minimum Gasteiger partial charge on any atom is -0.289 e. The first-order valence-electron chi connectivity index (χ1n) is 7.64. The second-order valence-corrected chi connectivity index (χ2v) is 6.76. The van der Waals surface area contributed by atoms with Gasteiger partial charge in [0.1, 0.15) is 5.69 Å². The van der Waals surface area contributed by atoms with E-state index in [1.54, 1.807) is 11.3 Å². The van der Waals surface area contributed by atoms with E-state index in [4.69, 9.17) is 0 Å². The Morgan fingerprint density at radius 1 is 0.958 bits per heavy atom. The summed E-state index contributed by atoms with van der Waals surface area (Å²) in [5.74, 6) is -0.0349. The van der Waals surface area contributed by atoms with E-state index < -0.39 is 0 Å². The average molecular weight is 330 g/mol. The molecule has 4 heteroatoms. The van der Waals surface area contributed by atoms with Gasteiger partial charge in [0, 0.05) is 15.8 Å². The molecule has 0 bridgehead atoms. The standard InChI is InChI=1S/C20H14N2OS/c1-13-6-8-14(9-7-13)20(23)16-10-17(22-21-12-16)19-11-15-4-2-3-5-18(15)24-19/h2-12H,1H3. The molecule has 0 spiro atoms. The van der Waals surface area contributed by atoms with Crippen molar-refractivity contribution in [2.45, 2.75) is 6.92 Å². The van der Waals surface area contributed by atoms with Crippen LogP contribution in [0.4, 0.5) is 0 Å². The Morgan fingerprint density at radius 3 is 2.54 bits per heavy atom. The summed E-state index contributed by atoms with van der Waals surface area (Å²) < 4.78 is 1.20. The van der Waals surface area contributed by atoms with Crippen molar-refractivity contribution in [2.75, 3.05) is 0 Å². The van der Waals surface area contributed by atoms with Crippen LogP contribution in [-0.4, -0.2) is 16.0 Å². The van der Waals surface area contributed by atoms with E-state index in [9.17, 15) is 4.79 Å². The highest BCUT2D eigenvalue weighted by molar-refractivity contribution is 7.22. The molecule has 24 heavy (non-hydrogen) atoms. The number of thiophene rings is 1. The van der Waals surface area contributed by atoms with Crippen molar-refractivity contribution in [1.29, 1.82) is 0 Å². The van der Waals surface area contributed by atoms with E-state index in [-0.39, 0.29) is 5.78 Å². The molecule has 0 radical (unpaired) electrons. The molecule has 0 amide bonds. The molecule has 0 fully saturated rings. The Bertz CT molecular complexity index is 1000. The molecule has 0 N–H and O–H groups in total. The fourth-order valence-electron chi connectivity index (χ4n) is 2.59. The molecule has 2 aromatic heterocycles. The second-order valence-electron chi connectivity index (χ2n) is 5.67. The zero-order valence-corrected chi connectivity index (χ0v) is 13.9. The Labute approximate surface area is 143 Å². The highest BCUT2D eigenvalue weighted by atomic mass is 32.1. The fourth-order valence-corrected chi connectivity index (χ4v) is 3.61. The Kier molecular flexibility index (Phi) is 3.67. The molecule has 116 valence electrons. The molecule has 0 aliphatic heterocycles. The molecule has 0 atom stereocenters. The van der Waals surface area contributed by atoms with Gasteiger partial charge in [0.05, 0.1) is 11.1 Å². The molecular formula is C20H14N2OS. The van der Waals surface area contributed by atoms with Gasteiger partial charge in [-0.05, 0) is 30.5 Å². The van der Waals surface area contributed by atoms with Crippen LogP contribution in [0.1, 0.15) is 21.5 Å². The van der Waals surface area contributed by atoms with Crippen molar-refractivity contribution < 1.29 is 4.79 Å². The number of benzene rings is 2. The van der Waals surface area contributed by atoms with Gasteiger partial charge in [0.2, 0.25) is 0 Å². The predicted octanol–water partition coefficient (Wildman–Crippen LogP) is 4.90. The third-order valence-corrected chi connectivity index (χ3v) is 5.05. The van der Waals surface area contributed by atoms with Gasteiger partial charge in [-0.1, -0.05) is 48.0 Å². The SMILES string of the molecule is Cc1ccc(C(=O)c2cnnc(-c3cc4ccccc4s3)c2)cc1. The molecule has 2 heterocycles.